The number of benzene rings is 1. The molecule has 0 heterocycles. The highest BCUT2D eigenvalue weighted by molar-refractivity contribution is 5.80. The first-order valence-corrected chi connectivity index (χ1v) is 6.87. The zero-order chi connectivity index (χ0) is 17.8. The van der Waals surface area contributed by atoms with Gasteiger partial charge in [0.2, 0.25) is 0 Å². The Morgan fingerprint density at radius 2 is 1.96 bits per heavy atom. The summed E-state index contributed by atoms with van der Waals surface area (Å²) in [5.74, 6) is -3.77. The summed E-state index contributed by atoms with van der Waals surface area (Å²) in [6.45, 7) is 2.34. The molecule has 1 aromatic rings. The van der Waals surface area contributed by atoms with Gasteiger partial charge in [0.25, 0.3) is 5.60 Å². The number of aliphatic hydroxyl groups is 1. The topological polar surface area (TPSA) is 55.8 Å². The molecule has 0 aromatic heterocycles. The number of halogens is 4. The summed E-state index contributed by atoms with van der Waals surface area (Å²) in [6.07, 6.45) is -6.25. The molecule has 0 amide bonds. The molecule has 1 N–H and O–H groups in total. The Kier molecular flexibility index (Phi) is 5.98. The predicted octanol–water partition coefficient (Wildman–Crippen LogP) is 3.18. The fourth-order valence-corrected chi connectivity index (χ4v) is 2.25. The summed E-state index contributed by atoms with van der Waals surface area (Å²) in [5, 5.41) is 9.88. The molecule has 2 atom stereocenters. The summed E-state index contributed by atoms with van der Waals surface area (Å²) in [5.41, 5.74) is -3.57. The average Bonchev–Trinajstić information content (AvgIpc) is 2.45. The van der Waals surface area contributed by atoms with Crippen LogP contribution in [0.5, 0.6) is 5.75 Å². The number of hydrogen-bond acceptors (Lipinski definition) is 4. The van der Waals surface area contributed by atoms with Gasteiger partial charge in [-0.25, -0.2) is 9.18 Å². The van der Waals surface area contributed by atoms with Crippen LogP contribution in [0, 0.1) is 5.82 Å². The van der Waals surface area contributed by atoms with Crippen molar-refractivity contribution in [2.45, 2.75) is 38.0 Å². The van der Waals surface area contributed by atoms with E-state index < -0.39 is 35.9 Å². The SMILES string of the molecule is CCOC(=O)C(O)(CC(C)c1cccc(F)c1OC)C(F)(F)F. The van der Waals surface area contributed by atoms with Gasteiger partial charge in [-0.15, -0.1) is 0 Å². The largest absolute Gasteiger partial charge is 0.493 e. The number of esters is 1. The Labute approximate surface area is 131 Å². The Balaban J connectivity index is 3.19. The lowest BCUT2D eigenvalue weighted by Gasteiger charge is -2.30. The Morgan fingerprint density at radius 3 is 2.43 bits per heavy atom. The van der Waals surface area contributed by atoms with Crippen molar-refractivity contribution in [2.75, 3.05) is 13.7 Å². The van der Waals surface area contributed by atoms with Gasteiger partial charge in [0.15, 0.2) is 11.6 Å². The smallest absolute Gasteiger partial charge is 0.428 e. The van der Waals surface area contributed by atoms with Gasteiger partial charge in [-0.3, -0.25) is 0 Å². The van der Waals surface area contributed by atoms with Crippen LogP contribution in [-0.4, -0.2) is 36.6 Å². The van der Waals surface area contributed by atoms with E-state index in [1.807, 2.05) is 0 Å². The highest BCUT2D eigenvalue weighted by atomic mass is 19.4. The average molecular weight is 338 g/mol. The van der Waals surface area contributed by atoms with Gasteiger partial charge >= 0.3 is 12.1 Å². The molecule has 23 heavy (non-hydrogen) atoms. The molecule has 1 aromatic carbocycles. The second kappa shape index (κ2) is 7.16. The van der Waals surface area contributed by atoms with E-state index in [2.05, 4.69) is 4.74 Å². The van der Waals surface area contributed by atoms with E-state index in [1.54, 1.807) is 0 Å². The van der Waals surface area contributed by atoms with Crippen LogP contribution in [0.15, 0.2) is 18.2 Å². The van der Waals surface area contributed by atoms with E-state index in [0.717, 1.165) is 6.07 Å². The molecule has 1 rings (SSSR count). The molecule has 0 spiro atoms. The van der Waals surface area contributed by atoms with Crippen LogP contribution in [0.1, 0.15) is 31.7 Å². The number of ether oxygens (including phenoxy) is 2. The maximum Gasteiger partial charge on any atom is 0.428 e. The highest BCUT2D eigenvalue weighted by Gasteiger charge is 2.61. The van der Waals surface area contributed by atoms with Crippen molar-refractivity contribution in [3.8, 4) is 5.75 Å². The number of para-hydroxylation sites is 1. The van der Waals surface area contributed by atoms with E-state index in [1.165, 1.54) is 33.1 Å². The maximum atomic E-state index is 13.7. The van der Waals surface area contributed by atoms with Crippen molar-refractivity contribution < 1.29 is 36.9 Å². The third-order valence-electron chi connectivity index (χ3n) is 3.42. The number of rotatable bonds is 6. The summed E-state index contributed by atoms with van der Waals surface area (Å²) < 4.78 is 62.3. The predicted molar refractivity (Wildman–Crippen MR) is 73.6 cm³/mol. The quantitative estimate of drug-likeness (QED) is 0.639. The first-order valence-electron chi connectivity index (χ1n) is 6.87. The van der Waals surface area contributed by atoms with Gasteiger partial charge < -0.3 is 14.6 Å². The van der Waals surface area contributed by atoms with E-state index >= 15 is 0 Å². The minimum Gasteiger partial charge on any atom is -0.493 e. The fourth-order valence-electron chi connectivity index (χ4n) is 2.25. The van der Waals surface area contributed by atoms with E-state index in [-0.39, 0.29) is 17.9 Å². The second-order valence-corrected chi connectivity index (χ2v) is 5.05. The third kappa shape index (κ3) is 3.93. The monoisotopic (exact) mass is 338 g/mol. The van der Waals surface area contributed by atoms with Crippen LogP contribution in [-0.2, 0) is 9.53 Å². The first-order chi connectivity index (χ1) is 10.6. The van der Waals surface area contributed by atoms with Crippen molar-refractivity contribution in [1.29, 1.82) is 0 Å². The maximum absolute atomic E-state index is 13.7. The fraction of sp³-hybridized carbons (Fsp3) is 0.533. The number of carbonyl (C=O) groups excluding carboxylic acids is 1. The molecule has 0 aliphatic carbocycles. The molecule has 130 valence electrons. The van der Waals surface area contributed by atoms with Gasteiger partial charge in [-0.05, 0) is 18.9 Å². The van der Waals surface area contributed by atoms with E-state index in [9.17, 15) is 27.5 Å². The molecule has 8 heteroatoms. The Morgan fingerprint density at radius 1 is 1.35 bits per heavy atom. The third-order valence-corrected chi connectivity index (χ3v) is 3.42. The number of hydrogen-bond donors (Lipinski definition) is 1. The van der Waals surface area contributed by atoms with Crippen LogP contribution in [0.3, 0.4) is 0 Å². The summed E-state index contributed by atoms with van der Waals surface area (Å²) in [4.78, 5) is 11.6. The van der Waals surface area contributed by atoms with Gasteiger partial charge in [0.1, 0.15) is 0 Å². The molecule has 0 bridgehead atoms. The number of methoxy groups -OCH3 is 1. The van der Waals surface area contributed by atoms with Crippen molar-refractivity contribution in [3.63, 3.8) is 0 Å². The molecule has 0 saturated carbocycles. The van der Waals surface area contributed by atoms with E-state index in [4.69, 9.17) is 4.74 Å². The van der Waals surface area contributed by atoms with Crippen molar-refractivity contribution >= 4 is 5.97 Å². The minimum atomic E-state index is -5.23. The van der Waals surface area contributed by atoms with Crippen LogP contribution in [0.4, 0.5) is 17.6 Å². The molecule has 4 nitrogen and oxygen atoms in total. The van der Waals surface area contributed by atoms with Gasteiger partial charge in [0, 0.05) is 12.0 Å². The van der Waals surface area contributed by atoms with Gasteiger partial charge in [-0.1, -0.05) is 19.1 Å². The summed E-state index contributed by atoms with van der Waals surface area (Å²) in [7, 11) is 1.18. The Hall–Kier alpha value is -1.83. The molecule has 0 saturated heterocycles. The number of alkyl halides is 3. The van der Waals surface area contributed by atoms with Gasteiger partial charge in [0.05, 0.1) is 13.7 Å². The zero-order valence-corrected chi connectivity index (χ0v) is 12.9. The molecule has 0 aliphatic rings. The zero-order valence-electron chi connectivity index (χ0n) is 12.9. The molecular formula is C15H18F4O4. The van der Waals surface area contributed by atoms with Crippen molar-refractivity contribution in [1.82, 2.24) is 0 Å². The van der Waals surface area contributed by atoms with E-state index in [0.29, 0.717) is 0 Å². The van der Waals surface area contributed by atoms with Crippen LogP contribution < -0.4 is 4.74 Å². The Bertz CT molecular complexity index is 559. The summed E-state index contributed by atoms with van der Waals surface area (Å²) in [6, 6.07) is 3.77. The lowest BCUT2D eigenvalue weighted by atomic mass is 9.86. The standard InChI is InChI=1S/C15H18F4O4/c1-4-23-13(20)14(21,15(17,18)19)8-9(2)10-6-5-7-11(16)12(10)22-3/h5-7,9,21H,4,8H2,1-3H3. The molecule has 2 unspecified atom stereocenters. The lowest BCUT2D eigenvalue weighted by molar-refractivity contribution is -0.265. The second-order valence-electron chi connectivity index (χ2n) is 5.05. The van der Waals surface area contributed by atoms with Gasteiger partial charge in [-0.2, -0.15) is 13.2 Å². The normalized spacial score (nSPS) is 15.7. The van der Waals surface area contributed by atoms with Crippen LogP contribution in [0.25, 0.3) is 0 Å². The first kappa shape index (κ1) is 19.2. The molecule has 0 aliphatic heterocycles. The highest BCUT2D eigenvalue weighted by Crippen LogP contribution is 2.41. The van der Waals surface area contributed by atoms with Crippen LogP contribution >= 0.6 is 0 Å². The molecular weight excluding hydrogens is 320 g/mol. The molecule has 0 radical (unpaired) electrons. The van der Waals surface area contributed by atoms with Crippen LogP contribution in [0.2, 0.25) is 0 Å². The minimum absolute atomic E-state index is 0.111. The number of carbonyl (C=O) groups is 1. The lowest BCUT2D eigenvalue weighted by Crippen LogP contribution is -2.53. The van der Waals surface area contributed by atoms with Crippen molar-refractivity contribution in [2.24, 2.45) is 0 Å². The summed E-state index contributed by atoms with van der Waals surface area (Å²) >= 11 is 0. The van der Waals surface area contributed by atoms with Crippen molar-refractivity contribution in [3.05, 3.63) is 29.6 Å². The molecule has 0 fully saturated rings.